The number of rotatable bonds is 1. The summed E-state index contributed by atoms with van der Waals surface area (Å²) in [7, 11) is 1.71. The van der Waals surface area contributed by atoms with Crippen LogP contribution in [0.4, 0.5) is 0 Å². The van der Waals surface area contributed by atoms with Gasteiger partial charge in [-0.1, -0.05) is 18.9 Å². The molecule has 0 spiro atoms. The highest BCUT2D eigenvalue weighted by Gasteiger charge is 2.59. The molecule has 3 aliphatic rings. The summed E-state index contributed by atoms with van der Waals surface area (Å²) in [6.07, 6.45) is 7.22. The van der Waals surface area contributed by atoms with Gasteiger partial charge in [-0.25, -0.2) is 0 Å². The van der Waals surface area contributed by atoms with E-state index in [1.165, 1.54) is 36.8 Å². The van der Waals surface area contributed by atoms with Crippen molar-refractivity contribution in [3.8, 4) is 5.75 Å². The molecule has 4 rings (SSSR count). The molecule has 0 heterocycles. The van der Waals surface area contributed by atoms with E-state index in [1.807, 2.05) is 6.07 Å². The third-order valence-corrected chi connectivity index (χ3v) is 6.52. The second kappa shape index (κ2) is 4.59. The van der Waals surface area contributed by atoms with Crippen LogP contribution in [-0.2, 0) is 16.6 Å². The van der Waals surface area contributed by atoms with Gasteiger partial charge in [0.05, 0.1) is 12.5 Å². The summed E-state index contributed by atoms with van der Waals surface area (Å²) in [5.41, 5.74) is 2.39. The number of aryl methyl sites for hydroxylation is 1. The van der Waals surface area contributed by atoms with Gasteiger partial charge in [0.1, 0.15) is 11.5 Å². The lowest BCUT2D eigenvalue weighted by atomic mass is 9.63. The lowest BCUT2D eigenvalue weighted by Gasteiger charge is -2.39. The maximum Gasteiger partial charge on any atom is 0.146 e. The lowest BCUT2D eigenvalue weighted by molar-refractivity contribution is -0.126. The molecule has 2 saturated carbocycles. The Kier molecular flexibility index (Phi) is 2.92. The Morgan fingerprint density at radius 3 is 2.81 bits per heavy atom. The first-order chi connectivity index (χ1) is 10.2. The third-order valence-electron chi connectivity index (χ3n) is 6.52. The maximum atomic E-state index is 13.2. The zero-order valence-corrected chi connectivity index (χ0v) is 13.0. The summed E-state index contributed by atoms with van der Waals surface area (Å²) in [4.78, 5) is 13.2. The molecule has 0 N–H and O–H groups in total. The quantitative estimate of drug-likeness (QED) is 0.781. The van der Waals surface area contributed by atoms with E-state index in [-0.39, 0.29) is 5.41 Å². The predicted octanol–water partition coefficient (Wildman–Crippen LogP) is 3.90. The fourth-order valence-electron chi connectivity index (χ4n) is 5.52. The summed E-state index contributed by atoms with van der Waals surface area (Å²) in [6, 6.07) is 6.34. The van der Waals surface area contributed by atoms with E-state index in [9.17, 15) is 4.79 Å². The van der Waals surface area contributed by atoms with Gasteiger partial charge in [-0.05, 0) is 67.7 Å². The molecule has 0 aliphatic heterocycles. The zero-order chi connectivity index (χ0) is 14.6. The van der Waals surface area contributed by atoms with E-state index in [1.54, 1.807) is 7.11 Å². The minimum Gasteiger partial charge on any atom is -0.497 e. The summed E-state index contributed by atoms with van der Waals surface area (Å²) < 4.78 is 5.36. The Hall–Kier alpha value is -1.31. The summed E-state index contributed by atoms with van der Waals surface area (Å²) >= 11 is 0. The van der Waals surface area contributed by atoms with E-state index in [0.29, 0.717) is 23.5 Å². The monoisotopic (exact) mass is 284 g/mol. The molecule has 0 saturated heterocycles. The molecule has 2 heteroatoms. The van der Waals surface area contributed by atoms with Gasteiger partial charge in [0.25, 0.3) is 0 Å². The highest BCUT2D eigenvalue weighted by atomic mass is 16.5. The second-order valence-electron chi connectivity index (χ2n) is 7.29. The number of benzene rings is 1. The van der Waals surface area contributed by atoms with Crippen molar-refractivity contribution >= 4 is 5.78 Å². The minimum absolute atomic E-state index is 0.237. The molecule has 21 heavy (non-hydrogen) atoms. The van der Waals surface area contributed by atoms with Gasteiger partial charge in [0.15, 0.2) is 0 Å². The van der Waals surface area contributed by atoms with Crippen LogP contribution in [0.1, 0.15) is 50.2 Å². The summed E-state index contributed by atoms with van der Waals surface area (Å²) in [5.74, 6) is 2.99. The fourth-order valence-corrected chi connectivity index (χ4v) is 5.52. The number of hydrogen-bond donors (Lipinski definition) is 0. The van der Waals surface area contributed by atoms with Crippen molar-refractivity contribution in [3.63, 3.8) is 0 Å². The number of hydrogen-bond acceptors (Lipinski definition) is 2. The fraction of sp³-hybridized carbons (Fsp3) is 0.632. The Morgan fingerprint density at radius 2 is 2.00 bits per heavy atom. The van der Waals surface area contributed by atoms with E-state index in [0.717, 1.165) is 18.6 Å². The van der Waals surface area contributed by atoms with Crippen LogP contribution in [0.25, 0.3) is 0 Å². The van der Waals surface area contributed by atoms with Crippen molar-refractivity contribution < 1.29 is 9.53 Å². The number of ether oxygens (including phenoxy) is 1. The molecule has 3 aliphatic carbocycles. The largest absolute Gasteiger partial charge is 0.497 e. The van der Waals surface area contributed by atoms with Gasteiger partial charge in [-0.2, -0.15) is 0 Å². The Morgan fingerprint density at radius 1 is 1.19 bits per heavy atom. The maximum absolute atomic E-state index is 13.2. The van der Waals surface area contributed by atoms with Crippen molar-refractivity contribution in [3.05, 3.63) is 29.3 Å². The molecular formula is C19H24O2. The molecule has 2 fully saturated rings. The van der Waals surface area contributed by atoms with Crippen LogP contribution >= 0.6 is 0 Å². The molecule has 1 aromatic carbocycles. The van der Waals surface area contributed by atoms with E-state index < -0.39 is 0 Å². The van der Waals surface area contributed by atoms with Crippen LogP contribution in [-0.4, -0.2) is 12.9 Å². The smallest absolute Gasteiger partial charge is 0.146 e. The standard InChI is InChI=1S/C19H24O2/c1-19-16-10-8-13(21-2)11-12(16)7-9-17(19)14-5-3-4-6-15(14)18(19)20/h8,10-11,14-15,17H,3-7,9H2,1-2H3/t14-,15-,17+,19+/m0/s1. The van der Waals surface area contributed by atoms with Gasteiger partial charge in [0.2, 0.25) is 0 Å². The minimum atomic E-state index is -0.237. The highest BCUT2D eigenvalue weighted by Crippen LogP contribution is 2.58. The third kappa shape index (κ3) is 1.68. The first-order valence-corrected chi connectivity index (χ1v) is 8.38. The Balaban J connectivity index is 1.82. The van der Waals surface area contributed by atoms with Crippen molar-refractivity contribution in [2.45, 2.75) is 50.9 Å². The average Bonchev–Trinajstić information content (AvgIpc) is 2.76. The van der Waals surface area contributed by atoms with E-state index in [2.05, 4.69) is 19.1 Å². The number of carbonyl (C=O) groups excluding carboxylic acids is 1. The number of methoxy groups -OCH3 is 1. The molecule has 0 bridgehead atoms. The van der Waals surface area contributed by atoms with Crippen molar-refractivity contribution in [1.82, 2.24) is 0 Å². The van der Waals surface area contributed by atoms with E-state index in [4.69, 9.17) is 4.74 Å². The Bertz CT molecular complexity index is 591. The summed E-state index contributed by atoms with van der Waals surface area (Å²) in [5, 5.41) is 0. The van der Waals surface area contributed by atoms with Crippen LogP contribution in [0.15, 0.2) is 18.2 Å². The number of Topliss-reactive ketones (excluding diaryl/α,β-unsaturated/α-hetero) is 1. The molecule has 0 radical (unpaired) electrons. The normalized spacial score (nSPS) is 37.6. The lowest BCUT2D eigenvalue weighted by Crippen LogP contribution is -2.39. The molecule has 4 atom stereocenters. The van der Waals surface area contributed by atoms with Gasteiger partial charge < -0.3 is 4.74 Å². The molecule has 1 aromatic rings. The topological polar surface area (TPSA) is 26.3 Å². The highest BCUT2D eigenvalue weighted by molar-refractivity contribution is 5.95. The van der Waals surface area contributed by atoms with Crippen molar-refractivity contribution in [2.75, 3.05) is 7.11 Å². The summed E-state index contributed by atoms with van der Waals surface area (Å²) in [6.45, 7) is 2.22. The molecule has 112 valence electrons. The second-order valence-corrected chi connectivity index (χ2v) is 7.29. The Labute approximate surface area is 126 Å². The number of ketones is 1. The number of carbonyl (C=O) groups is 1. The van der Waals surface area contributed by atoms with Gasteiger partial charge in [0, 0.05) is 5.92 Å². The number of fused-ring (bicyclic) bond motifs is 5. The van der Waals surface area contributed by atoms with Crippen molar-refractivity contribution in [2.24, 2.45) is 17.8 Å². The first-order valence-electron chi connectivity index (χ1n) is 8.38. The van der Waals surface area contributed by atoms with Crippen LogP contribution in [0, 0.1) is 17.8 Å². The van der Waals surface area contributed by atoms with Crippen molar-refractivity contribution in [1.29, 1.82) is 0 Å². The molecule has 0 amide bonds. The SMILES string of the molecule is COc1ccc2c(c1)CC[C@@H]1[C@H]3CCCC[C@@H]3C(=O)[C@]21C. The predicted molar refractivity (Wildman–Crippen MR) is 82.6 cm³/mol. The molecular weight excluding hydrogens is 260 g/mol. The van der Waals surface area contributed by atoms with Crippen LogP contribution in [0.2, 0.25) is 0 Å². The van der Waals surface area contributed by atoms with Crippen LogP contribution in [0.3, 0.4) is 0 Å². The van der Waals surface area contributed by atoms with Gasteiger partial charge in [-0.15, -0.1) is 0 Å². The van der Waals surface area contributed by atoms with Gasteiger partial charge in [-0.3, -0.25) is 4.79 Å². The molecule has 0 aromatic heterocycles. The zero-order valence-electron chi connectivity index (χ0n) is 13.0. The van der Waals surface area contributed by atoms with Gasteiger partial charge >= 0.3 is 0 Å². The molecule has 0 unspecified atom stereocenters. The average molecular weight is 284 g/mol. The first kappa shape index (κ1) is 13.4. The van der Waals surface area contributed by atoms with E-state index >= 15 is 0 Å². The van der Waals surface area contributed by atoms with Crippen LogP contribution in [0.5, 0.6) is 5.75 Å². The van der Waals surface area contributed by atoms with Crippen LogP contribution < -0.4 is 4.74 Å². The molecule has 2 nitrogen and oxygen atoms in total.